The molecule has 0 spiro atoms. The first-order valence-electron chi connectivity index (χ1n) is 12.4. The summed E-state index contributed by atoms with van der Waals surface area (Å²) in [5.74, 6) is 0.962. The SMILES string of the molecule is COc1ccc(S(=O)(=O)N(CCO)CCO[C@H]2C[C@@H](C3CCC3)C=C(C(=O)Nc3cccnc3)O2)cc1. The number of aliphatic hydroxyl groups is 1. The van der Waals surface area contributed by atoms with Gasteiger partial charge in [0.05, 0.1) is 37.1 Å². The van der Waals surface area contributed by atoms with Crippen LogP contribution in [0.15, 0.2) is 65.5 Å². The lowest BCUT2D eigenvalue weighted by molar-refractivity contribution is -0.150. The third-order valence-corrected chi connectivity index (χ3v) is 8.59. The monoisotopic (exact) mass is 531 g/mol. The molecule has 2 aromatic rings. The largest absolute Gasteiger partial charge is 0.497 e. The van der Waals surface area contributed by atoms with Crippen LogP contribution in [0, 0.1) is 11.8 Å². The molecule has 2 atom stereocenters. The van der Waals surface area contributed by atoms with Gasteiger partial charge >= 0.3 is 0 Å². The van der Waals surface area contributed by atoms with Gasteiger partial charge in [-0.25, -0.2) is 8.42 Å². The number of carbonyl (C=O) groups is 1. The fourth-order valence-electron chi connectivity index (χ4n) is 4.42. The summed E-state index contributed by atoms with van der Waals surface area (Å²) in [6.45, 7) is -0.355. The molecule has 1 fully saturated rings. The summed E-state index contributed by atoms with van der Waals surface area (Å²) in [5, 5.41) is 12.3. The molecule has 2 heterocycles. The highest BCUT2D eigenvalue weighted by molar-refractivity contribution is 7.89. The molecule has 2 aliphatic rings. The van der Waals surface area contributed by atoms with Crippen LogP contribution in [-0.4, -0.2) is 68.4 Å². The van der Waals surface area contributed by atoms with Gasteiger partial charge in [0, 0.05) is 25.7 Å². The van der Waals surface area contributed by atoms with Gasteiger partial charge in [0.15, 0.2) is 5.76 Å². The zero-order chi connectivity index (χ0) is 26.3. The van der Waals surface area contributed by atoms with E-state index in [4.69, 9.17) is 14.2 Å². The van der Waals surface area contributed by atoms with Crippen molar-refractivity contribution in [2.45, 2.75) is 36.9 Å². The number of hydrogen-bond acceptors (Lipinski definition) is 8. The normalized spacial score (nSPS) is 20.0. The van der Waals surface area contributed by atoms with E-state index in [1.54, 1.807) is 36.7 Å². The molecule has 0 unspecified atom stereocenters. The van der Waals surface area contributed by atoms with Gasteiger partial charge in [-0.05, 0) is 67.2 Å². The second-order valence-electron chi connectivity index (χ2n) is 9.04. The van der Waals surface area contributed by atoms with Crippen LogP contribution in [0.4, 0.5) is 5.69 Å². The highest BCUT2D eigenvalue weighted by Crippen LogP contribution is 2.40. The van der Waals surface area contributed by atoms with Crippen LogP contribution in [0.5, 0.6) is 5.75 Å². The minimum atomic E-state index is -3.85. The van der Waals surface area contributed by atoms with Gasteiger partial charge in [0.1, 0.15) is 5.75 Å². The quantitative estimate of drug-likeness (QED) is 0.428. The number of rotatable bonds is 12. The van der Waals surface area contributed by atoms with Crippen molar-refractivity contribution >= 4 is 21.6 Å². The van der Waals surface area contributed by atoms with Crippen LogP contribution < -0.4 is 10.1 Å². The van der Waals surface area contributed by atoms with Crippen molar-refractivity contribution in [2.75, 3.05) is 38.7 Å². The molecule has 1 saturated carbocycles. The Bertz CT molecular complexity index is 1170. The Morgan fingerprint density at radius 3 is 2.62 bits per heavy atom. The summed E-state index contributed by atoms with van der Waals surface area (Å²) in [4.78, 5) is 17.0. The van der Waals surface area contributed by atoms with E-state index in [0.29, 0.717) is 23.8 Å². The highest BCUT2D eigenvalue weighted by atomic mass is 32.2. The van der Waals surface area contributed by atoms with Crippen molar-refractivity contribution in [3.8, 4) is 5.75 Å². The van der Waals surface area contributed by atoms with E-state index >= 15 is 0 Å². The van der Waals surface area contributed by atoms with E-state index in [2.05, 4.69) is 10.3 Å². The molecule has 2 N–H and O–H groups in total. The third kappa shape index (κ3) is 6.86. The lowest BCUT2D eigenvalue weighted by atomic mass is 9.73. The molecule has 11 heteroatoms. The van der Waals surface area contributed by atoms with E-state index in [1.165, 1.54) is 23.5 Å². The molecule has 1 amide bonds. The van der Waals surface area contributed by atoms with Crippen LogP contribution in [0.25, 0.3) is 0 Å². The van der Waals surface area contributed by atoms with Crippen molar-refractivity contribution in [2.24, 2.45) is 11.8 Å². The number of aliphatic hydroxyl groups excluding tert-OH is 1. The van der Waals surface area contributed by atoms with Gasteiger partial charge in [0.25, 0.3) is 5.91 Å². The van der Waals surface area contributed by atoms with E-state index in [9.17, 15) is 18.3 Å². The standard InChI is InChI=1S/C26H33N3O7S/c1-34-22-7-9-23(10-8-22)37(32,33)29(12-14-30)13-15-35-25-17-20(19-4-2-5-19)16-24(36-25)26(31)28-21-6-3-11-27-18-21/h3,6-11,16,18-20,25,30H,2,4-5,12-15,17H2,1H3,(H,28,31)/t20-,25+/m0/s1. The molecule has 0 saturated heterocycles. The zero-order valence-electron chi connectivity index (χ0n) is 20.8. The lowest BCUT2D eigenvalue weighted by Crippen LogP contribution is -2.38. The summed E-state index contributed by atoms with van der Waals surface area (Å²) in [6, 6.07) is 9.54. The second-order valence-corrected chi connectivity index (χ2v) is 11.0. The van der Waals surface area contributed by atoms with Crippen molar-refractivity contribution in [1.29, 1.82) is 0 Å². The number of nitrogens with one attached hydrogen (secondary N) is 1. The predicted octanol–water partition coefficient (Wildman–Crippen LogP) is 2.78. The Morgan fingerprint density at radius 1 is 1.22 bits per heavy atom. The maximum atomic E-state index is 13.1. The Hall–Kier alpha value is -2.99. The number of ether oxygens (including phenoxy) is 3. The summed E-state index contributed by atoms with van der Waals surface area (Å²) >= 11 is 0. The number of methoxy groups -OCH3 is 1. The van der Waals surface area contributed by atoms with E-state index in [0.717, 1.165) is 19.3 Å². The zero-order valence-corrected chi connectivity index (χ0v) is 21.6. The van der Waals surface area contributed by atoms with Crippen molar-refractivity contribution in [3.05, 3.63) is 60.6 Å². The topological polar surface area (TPSA) is 127 Å². The molecule has 37 heavy (non-hydrogen) atoms. The number of benzene rings is 1. The average Bonchev–Trinajstić information content (AvgIpc) is 2.87. The van der Waals surface area contributed by atoms with Crippen molar-refractivity contribution in [3.63, 3.8) is 0 Å². The average molecular weight is 532 g/mol. The molecular weight excluding hydrogens is 498 g/mol. The number of allylic oxidation sites excluding steroid dienone is 1. The van der Waals surface area contributed by atoms with E-state index in [-0.39, 0.29) is 48.8 Å². The third-order valence-electron chi connectivity index (χ3n) is 6.68. The summed E-state index contributed by atoms with van der Waals surface area (Å²) < 4.78 is 44.4. The fraction of sp³-hybridized carbons (Fsp3) is 0.462. The molecular formula is C26H33N3O7S. The molecule has 0 bridgehead atoms. The van der Waals surface area contributed by atoms with Crippen LogP contribution in [0.2, 0.25) is 0 Å². The number of carbonyl (C=O) groups excluding carboxylic acids is 1. The smallest absolute Gasteiger partial charge is 0.290 e. The van der Waals surface area contributed by atoms with Crippen molar-refractivity contribution < 1.29 is 32.5 Å². The Morgan fingerprint density at radius 2 is 2.00 bits per heavy atom. The van der Waals surface area contributed by atoms with Gasteiger partial charge in [-0.3, -0.25) is 9.78 Å². The second kappa shape index (κ2) is 12.5. The van der Waals surface area contributed by atoms with Crippen LogP contribution in [-0.2, 0) is 24.3 Å². The predicted molar refractivity (Wildman–Crippen MR) is 136 cm³/mol. The molecule has 10 nitrogen and oxygen atoms in total. The molecule has 1 aliphatic heterocycles. The number of amides is 1. The minimum absolute atomic E-state index is 0.0177. The maximum absolute atomic E-state index is 13.1. The molecule has 1 aromatic carbocycles. The number of anilines is 1. The maximum Gasteiger partial charge on any atom is 0.290 e. The molecule has 0 radical (unpaired) electrons. The fourth-order valence-corrected chi connectivity index (χ4v) is 5.83. The molecule has 1 aliphatic carbocycles. The Kier molecular flexibility index (Phi) is 9.14. The van der Waals surface area contributed by atoms with Crippen LogP contribution in [0.3, 0.4) is 0 Å². The van der Waals surface area contributed by atoms with Gasteiger partial charge in [-0.15, -0.1) is 0 Å². The lowest BCUT2D eigenvalue weighted by Gasteiger charge is -2.37. The molecule has 4 rings (SSSR count). The number of aromatic nitrogens is 1. The highest BCUT2D eigenvalue weighted by Gasteiger charge is 2.35. The van der Waals surface area contributed by atoms with Gasteiger partial charge in [0.2, 0.25) is 16.3 Å². The summed E-state index contributed by atoms with van der Waals surface area (Å²) in [7, 11) is -2.35. The van der Waals surface area contributed by atoms with E-state index in [1.807, 2.05) is 6.08 Å². The Labute approximate surface area is 217 Å². The number of nitrogens with zero attached hydrogens (tertiary/aromatic N) is 2. The first-order chi connectivity index (χ1) is 17.9. The summed E-state index contributed by atoms with van der Waals surface area (Å²) in [6.07, 6.45) is 8.30. The molecule has 200 valence electrons. The van der Waals surface area contributed by atoms with Gasteiger partial charge in [-0.2, -0.15) is 4.31 Å². The van der Waals surface area contributed by atoms with Crippen LogP contribution in [0.1, 0.15) is 25.7 Å². The van der Waals surface area contributed by atoms with Gasteiger partial charge in [-0.1, -0.05) is 6.42 Å². The number of sulfonamides is 1. The number of hydrogen-bond donors (Lipinski definition) is 2. The van der Waals surface area contributed by atoms with Crippen LogP contribution >= 0.6 is 0 Å². The van der Waals surface area contributed by atoms with Gasteiger partial charge < -0.3 is 24.6 Å². The molecule has 1 aromatic heterocycles. The first kappa shape index (κ1) is 27.1. The first-order valence-corrected chi connectivity index (χ1v) is 13.8. The minimum Gasteiger partial charge on any atom is -0.497 e. The van der Waals surface area contributed by atoms with E-state index < -0.39 is 16.3 Å². The Balaban J connectivity index is 1.39. The van der Waals surface area contributed by atoms with Crippen molar-refractivity contribution in [1.82, 2.24) is 9.29 Å². The summed E-state index contributed by atoms with van der Waals surface area (Å²) in [5.41, 5.74) is 0.559. The number of pyridine rings is 1.